The average molecular weight is 472 g/mol. The molecule has 0 aliphatic heterocycles. The van der Waals surface area contributed by atoms with Gasteiger partial charge in [0.15, 0.2) is 0 Å². The van der Waals surface area contributed by atoms with Gasteiger partial charge in [-0.15, -0.1) is 0 Å². The van der Waals surface area contributed by atoms with Gasteiger partial charge in [-0.25, -0.2) is 0 Å². The highest BCUT2D eigenvalue weighted by Gasteiger charge is 2.26. The molecule has 0 saturated heterocycles. The summed E-state index contributed by atoms with van der Waals surface area (Å²) < 4.78 is 3.87. The maximum atomic E-state index is 4.74. The molecule has 0 spiro atoms. The molecule has 0 atom stereocenters. The van der Waals surface area contributed by atoms with Crippen LogP contribution in [0.2, 0.25) is 0 Å². The Labute approximate surface area is 214 Å². The molecule has 0 bridgehead atoms. The summed E-state index contributed by atoms with van der Waals surface area (Å²) in [6, 6.07) is 26.7. The predicted molar refractivity (Wildman–Crippen MR) is 152 cm³/mol. The first kappa shape index (κ1) is 23.9. The monoisotopic (exact) mass is 472 g/mol. The van der Waals surface area contributed by atoms with Gasteiger partial charge >= 0.3 is 0 Å². The van der Waals surface area contributed by atoms with E-state index in [0.29, 0.717) is 0 Å². The second kappa shape index (κ2) is 9.31. The van der Waals surface area contributed by atoms with E-state index in [4.69, 9.17) is 10.2 Å². The second-order valence-electron chi connectivity index (χ2n) is 10.1. The summed E-state index contributed by atoms with van der Waals surface area (Å²) in [6.45, 7) is 10.9. The van der Waals surface area contributed by atoms with Crippen molar-refractivity contribution in [3.8, 4) is 22.5 Å². The molecule has 2 aromatic heterocycles. The number of benzene rings is 3. The molecule has 5 rings (SSSR count). The third-order valence-electron chi connectivity index (χ3n) is 7.29. The van der Waals surface area contributed by atoms with Crippen LogP contribution in [0.1, 0.15) is 28.1 Å². The van der Waals surface area contributed by atoms with Crippen molar-refractivity contribution in [3.63, 3.8) is 0 Å². The smallest absolute Gasteiger partial charge is 0.241 e. The minimum atomic E-state index is 0.0973. The summed E-state index contributed by atoms with van der Waals surface area (Å²) in [5.41, 5.74) is 14.4. The minimum Gasteiger partial charge on any atom is -0.272 e. The molecule has 0 fully saturated rings. The largest absolute Gasteiger partial charge is 0.272 e. The molecule has 0 N–H and O–H groups in total. The number of rotatable bonds is 5. The number of nitrogens with zero attached hydrogens (tertiary/aromatic N) is 4. The zero-order chi connectivity index (χ0) is 25.6. The van der Waals surface area contributed by atoms with Gasteiger partial charge in [0.1, 0.15) is 0 Å². The lowest BCUT2D eigenvalue weighted by molar-refractivity contribution is 0.743. The maximum Gasteiger partial charge on any atom is 0.241 e. The Morgan fingerprint density at radius 3 is 1.42 bits per heavy atom. The molecule has 5 aromatic rings. The summed E-state index contributed by atoms with van der Waals surface area (Å²) in [5.74, 6) is 0. The Morgan fingerprint density at radius 2 is 1.03 bits per heavy atom. The number of hydrogen-bond acceptors (Lipinski definition) is 2. The third-order valence-corrected chi connectivity index (χ3v) is 7.29. The Hall–Kier alpha value is -3.86. The van der Waals surface area contributed by atoms with Gasteiger partial charge in [-0.1, -0.05) is 93.7 Å². The van der Waals surface area contributed by atoms with Crippen LogP contribution in [0, 0.1) is 34.6 Å². The van der Waals surface area contributed by atoms with Crippen LogP contribution in [0.5, 0.6) is 0 Å². The van der Waals surface area contributed by atoms with E-state index in [2.05, 4.69) is 107 Å². The van der Waals surface area contributed by atoms with Gasteiger partial charge in [0.2, 0.25) is 6.71 Å². The molecule has 0 unspecified atom stereocenters. The van der Waals surface area contributed by atoms with Crippen LogP contribution in [0.4, 0.5) is 0 Å². The lowest BCUT2D eigenvalue weighted by Crippen LogP contribution is -2.54. The van der Waals surface area contributed by atoms with Crippen molar-refractivity contribution in [2.75, 3.05) is 0 Å². The summed E-state index contributed by atoms with van der Waals surface area (Å²) in [4.78, 5) is 0. The Morgan fingerprint density at radius 1 is 0.583 bits per heavy atom. The third kappa shape index (κ3) is 4.42. The molecule has 3 aromatic carbocycles. The molecule has 180 valence electrons. The standard InChI is InChI=1S/C31H33BN4/c1-20-14-21(2)31(22(3)15-20)32(27-12-8-10-25(18-27)29-16-23(4)35(6)33-29)28-13-9-11-26(19-28)30-17-24(5)36(7)34-30/h8-19H,1-7H3. The van der Waals surface area contributed by atoms with Crippen LogP contribution in [0.15, 0.2) is 72.8 Å². The molecule has 0 radical (unpaired) electrons. The van der Waals surface area contributed by atoms with E-state index in [1.165, 1.54) is 33.1 Å². The fraction of sp³-hybridized carbons (Fsp3) is 0.226. The Kier molecular flexibility index (Phi) is 6.17. The van der Waals surface area contributed by atoms with E-state index >= 15 is 0 Å². The topological polar surface area (TPSA) is 35.6 Å². The number of aryl methyl sites for hydroxylation is 7. The molecule has 5 heteroatoms. The van der Waals surface area contributed by atoms with Crippen LogP contribution in [-0.4, -0.2) is 26.3 Å². The molecule has 4 nitrogen and oxygen atoms in total. The highest BCUT2D eigenvalue weighted by atomic mass is 15.3. The quantitative estimate of drug-likeness (QED) is 0.352. The van der Waals surface area contributed by atoms with Gasteiger partial charge in [-0.2, -0.15) is 10.2 Å². The first-order valence-corrected chi connectivity index (χ1v) is 12.5. The Balaban J connectivity index is 1.70. The molecule has 0 aliphatic rings. The SMILES string of the molecule is Cc1cc(C)c(B(c2cccc(-c3cc(C)n(C)n3)c2)c2cccc(-c3cc(C)n(C)n3)c2)c(C)c1. The van der Waals surface area contributed by atoms with Crippen molar-refractivity contribution >= 4 is 23.1 Å². The zero-order valence-electron chi connectivity index (χ0n) is 22.3. The van der Waals surface area contributed by atoms with Gasteiger partial charge in [0, 0.05) is 36.6 Å². The average Bonchev–Trinajstić information content (AvgIpc) is 3.36. The zero-order valence-corrected chi connectivity index (χ0v) is 22.3. The maximum absolute atomic E-state index is 4.74. The molecular formula is C31H33BN4. The number of aromatic nitrogens is 4. The normalized spacial score (nSPS) is 11.2. The van der Waals surface area contributed by atoms with Crippen LogP contribution < -0.4 is 16.4 Å². The first-order valence-electron chi connectivity index (χ1n) is 12.5. The van der Waals surface area contributed by atoms with Gasteiger partial charge in [-0.05, 0) is 46.8 Å². The molecule has 36 heavy (non-hydrogen) atoms. The second-order valence-corrected chi connectivity index (χ2v) is 10.1. The van der Waals surface area contributed by atoms with Gasteiger partial charge < -0.3 is 0 Å². The molecule has 0 amide bonds. The Bertz CT molecular complexity index is 1420. The van der Waals surface area contributed by atoms with Crippen molar-refractivity contribution < 1.29 is 0 Å². The molecule has 2 heterocycles. The highest BCUT2D eigenvalue weighted by Crippen LogP contribution is 2.20. The number of hydrogen-bond donors (Lipinski definition) is 0. The van der Waals surface area contributed by atoms with Crippen molar-refractivity contribution in [1.82, 2.24) is 19.6 Å². The van der Waals surface area contributed by atoms with Crippen LogP contribution in [0.25, 0.3) is 22.5 Å². The summed E-state index contributed by atoms with van der Waals surface area (Å²) >= 11 is 0. The first-order chi connectivity index (χ1) is 17.2. The van der Waals surface area contributed by atoms with Crippen molar-refractivity contribution in [3.05, 3.63) is 101 Å². The molecule has 0 aliphatic carbocycles. The van der Waals surface area contributed by atoms with Gasteiger partial charge in [0.05, 0.1) is 11.4 Å². The summed E-state index contributed by atoms with van der Waals surface area (Å²) in [5, 5.41) is 9.49. The highest BCUT2D eigenvalue weighted by molar-refractivity contribution is 6.96. The van der Waals surface area contributed by atoms with E-state index < -0.39 is 0 Å². The predicted octanol–water partition coefficient (Wildman–Crippen LogP) is 4.55. The van der Waals surface area contributed by atoms with Crippen LogP contribution in [-0.2, 0) is 14.1 Å². The van der Waals surface area contributed by atoms with Crippen molar-refractivity contribution in [2.24, 2.45) is 14.1 Å². The van der Waals surface area contributed by atoms with Crippen LogP contribution >= 0.6 is 0 Å². The molecule has 0 saturated carbocycles. The lowest BCUT2D eigenvalue weighted by atomic mass is 9.35. The fourth-order valence-electron chi connectivity index (χ4n) is 5.33. The van der Waals surface area contributed by atoms with E-state index in [1.54, 1.807) is 0 Å². The summed E-state index contributed by atoms with van der Waals surface area (Å²) in [7, 11) is 3.99. The van der Waals surface area contributed by atoms with E-state index in [1.807, 2.05) is 23.5 Å². The van der Waals surface area contributed by atoms with Gasteiger partial charge in [-0.3, -0.25) is 9.36 Å². The fourth-order valence-corrected chi connectivity index (χ4v) is 5.33. The van der Waals surface area contributed by atoms with Gasteiger partial charge in [0.25, 0.3) is 0 Å². The van der Waals surface area contributed by atoms with E-state index in [0.717, 1.165) is 33.9 Å². The van der Waals surface area contributed by atoms with Crippen molar-refractivity contribution in [1.29, 1.82) is 0 Å². The lowest BCUT2D eigenvalue weighted by Gasteiger charge is -2.22. The van der Waals surface area contributed by atoms with E-state index in [-0.39, 0.29) is 6.71 Å². The van der Waals surface area contributed by atoms with Crippen LogP contribution in [0.3, 0.4) is 0 Å². The van der Waals surface area contributed by atoms with Crippen molar-refractivity contribution in [2.45, 2.75) is 34.6 Å². The minimum absolute atomic E-state index is 0.0973. The molecular weight excluding hydrogens is 439 g/mol. The van der Waals surface area contributed by atoms with E-state index in [9.17, 15) is 0 Å². The summed E-state index contributed by atoms with van der Waals surface area (Å²) in [6.07, 6.45) is 0.